The molecule has 0 N–H and O–H groups in total. The van der Waals surface area contributed by atoms with E-state index in [0.717, 1.165) is 24.0 Å². The first-order valence-corrected chi connectivity index (χ1v) is 7.00. The molecule has 1 aromatic heterocycles. The smallest absolute Gasteiger partial charge is 0.336 e. The zero-order valence-corrected chi connectivity index (χ0v) is 11.7. The number of aromatic nitrogens is 2. The molecule has 0 atom stereocenters. The number of piperazine rings is 1. The number of aryl methyl sites for hydroxylation is 1. The summed E-state index contributed by atoms with van der Waals surface area (Å²) in [6.07, 6.45) is -1.08. The second-order valence-electron chi connectivity index (χ2n) is 5.62. The van der Waals surface area contributed by atoms with Crippen molar-refractivity contribution in [3.63, 3.8) is 0 Å². The predicted molar refractivity (Wildman–Crippen MR) is 68.7 cm³/mol. The molecular formula is C13H17F3N4O. The Balaban J connectivity index is 1.73. The van der Waals surface area contributed by atoms with E-state index in [9.17, 15) is 18.0 Å². The SMILES string of the molecule is Cn1cc(C(=O)N2CCN(C3CC3)CC2)c(C(F)(F)F)n1. The normalized spacial score (nSPS) is 20.9. The molecule has 1 aliphatic heterocycles. The lowest BCUT2D eigenvalue weighted by Crippen LogP contribution is -2.49. The van der Waals surface area contributed by atoms with Crippen molar-refractivity contribution in [1.82, 2.24) is 19.6 Å². The molecule has 1 saturated carbocycles. The van der Waals surface area contributed by atoms with Crippen molar-refractivity contribution in [2.75, 3.05) is 26.2 Å². The Kier molecular flexibility index (Phi) is 3.43. The molecule has 1 saturated heterocycles. The van der Waals surface area contributed by atoms with Crippen molar-refractivity contribution in [3.8, 4) is 0 Å². The van der Waals surface area contributed by atoms with Crippen LogP contribution in [0.2, 0.25) is 0 Å². The topological polar surface area (TPSA) is 41.4 Å². The van der Waals surface area contributed by atoms with Gasteiger partial charge in [-0.3, -0.25) is 14.4 Å². The molecule has 0 bridgehead atoms. The van der Waals surface area contributed by atoms with E-state index in [4.69, 9.17) is 0 Å². The Morgan fingerprint density at radius 2 is 1.86 bits per heavy atom. The van der Waals surface area contributed by atoms with E-state index in [2.05, 4.69) is 10.00 Å². The van der Waals surface area contributed by atoms with Gasteiger partial charge in [0.15, 0.2) is 5.69 Å². The van der Waals surface area contributed by atoms with Gasteiger partial charge >= 0.3 is 6.18 Å². The third-order valence-corrected chi connectivity index (χ3v) is 3.99. The molecule has 1 aliphatic carbocycles. The molecule has 1 amide bonds. The fraction of sp³-hybridized carbons (Fsp3) is 0.692. The maximum atomic E-state index is 12.9. The van der Waals surface area contributed by atoms with Gasteiger partial charge in [0.25, 0.3) is 5.91 Å². The molecule has 0 aromatic carbocycles. The molecule has 2 aliphatic rings. The van der Waals surface area contributed by atoms with Crippen LogP contribution in [0.5, 0.6) is 0 Å². The van der Waals surface area contributed by atoms with Gasteiger partial charge in [0.1, 0.15) is 0 Å². The first kappa shape index (κ1) is 14.4. The Hall–Kier alpha value is -1.57. The summed E-state index contributed by atoms with van der Waals surface area (Å²) in [6, 6.07) is 0.617. The van der Waals surface area contributed by atoms with E-state index in [1.807, 2.05) is 0 Å². The Morgan fingerprint density at radius 3 is 2.38 bits per heavy atom. The van der Waals surface area contributed by atoms with Crippen LogP contribution < -0.4 is 0 Å². The quantitative estimate of drug-likeness (QED) is 0.828. The predicted octanol–water partition coefficient (Wildman–Crippen LogP) is 1.36. The second kappa shape index (κ2) is 5.01. The van der Waals surface area contributed by atoms with Crippen LogP contribution in [0.25, 0.3) is 0 Å². The summed E-state index contributed by atoms with van der Waals surface area (Å²) in [5.41, 5.74) is -1.45. The molecule has 0 spiro atoms. The van der Waals surface area contributed by atoms with Crippen molar-refractivity contribution in [2.24, 2.45) is 7.05 Å². The zero-order valence-electron chi connectivity index (χ0n) is 11.7. The van der Waals surface area contributed by atoms with Gasteiger partial charge in [0.05, 0.1) is 5.56 Å². The molecule has 8 heteroatoms. The van der Waals surface area contributed by atoms with Crippen LogP contribution in [0, 0.1) is 0 Å². The molecular weight excluding hydrogens is 285 g/mol. The van der Waals surface area contributed by atoms with E-state index in [0.29, 0.717) is 19.1 Å². The molecule has 0 unspecified atom stereocenters. The van der Waals surface area contributed by atoms with Crippen LogP contribution >= 0.6 is 0 Å². The van der Waals surface area contributed by atoms with Gasteiger partial charge in [-0.05, 0) is 12.8 Å². The first-order valence-electron chi connectivity index (χ1n) is 7.00. The molecule has 1 aromatic rings. The molecule has 2 fully saturated rings. The van der Waals surface area contributed by atoms with Gasteiger partial charge in [0, 0.05) is 45.5 Å². The third kappa shape index (κ3) is 2.90. The molecule has 21 heavy (non-hydrogen) atoms. The van der Waals surface area contributed by atoms with Crippen LogP contribution in [-0.2, 0) is 13.2 Å². The summed E-state index contributed by atoms with van der Waals surface area (Å²) in [4.78, 5) is 16.1. The average Bonchev–Trinajstić information content (AvgIpc) is 3.19. The number of halogens is 3. The number of rotatable bonds is 2. The van der Waals surface area contributed by atoms with E-state index in [1.165, 1.54) is 24.8 Å². The maximum absolute atomic E-state index is 12.9. The average molecular weight is 302 g/mol. The number of alkyl halides is 3. The number of carbonyl (C=O) groups is 1. The number of amides is 1. The maximum Gasteiger partial charge on any atom is 0.435 e. The number of carbonyl (C=O) groups excluding carboxylic acids is 1. The lowest BCUT2D eigenvalue weighted by Gasteiger charge is -2.34. The standard InChI is InChI=1S/C13H17F3N4O/c1-18-8-10(11(17-18)13(14,15)16)12(21)20-6-4-19(5-7-20)9-2-3-9/h8-9H,2-7H2,1H3. The lowest BCUT2D eigenvalue weighted by molar-refractivity contribution is -0.141. The van der Waals surface area contributed by atoms with Crippen molar-refractivity contribution in [2.45, 2.75) is 25.1 Å². The van der Waals surface area contributed by atoms with Gasteiger partial charge in [-0.15, -0.1) is 0 Å². The van der Waals surface area contributed by atoms with Gasteiger partial charge in [-0.1, -0.05) is 0 Å². The minimum Gasteiger partial charge on any atom is -0.336 e. The number of hydrogen-bond acceptors (Lipinski definition) is 3. The summed E-state index contributed by atoms with van der Waals surface area (Å²) in [7, 11) is 1.39. The highest BCUT2D eigenvalue weighted by molar-refractivity contribution is 5.95. The van der Waals surface area contributed by atoms with E-state index in [1.54, 1.807) is 0 Å². The lowest BCUT2D eigenvalue weighted by atomic mass is 10.2. The fourth-order valence-electron chi connectivity index (χ4n) is 2.75. The van der Waals surface area contributed by atoms with Gasteiger partial charge in [0.2, 0.25) is 0 Å². The van der Waals surface area contributed by atoms with Crippen molar-refractivity contribution in [3.05, 3.63) is 17.5 Å². The highest BCUT2D eigenvalue weighted by atomic mass is 19.4. The van der Waals surface area contributed by atoms with Crippen LogP contribution in [0.15, 0.2) is 6.20 Å². The molecule has 3 rings (SSSR count). The minimum atomic E-state index is -4.61. The van der Waals surface area contributed by atoms with E-state index < -0.39 is 17.8 Å². The number of hydrogen-bond donors (Lipinski definition) is 0. The Morgan fingerprint density at radius 1 is 1.24 bits per heavy atom. The minimum absolute atomic E-state index is 0.357. The summed E-state index contributed by atoms with van der Waals surface area (Å²) < 4.78 is 39.8. The van der Waals surface area contributed by atoms with Crippen LogP contribution in [-0.4, -0.2) is 57.7 Å². The molecule has 5 nitrogen and oxygen atoms in total. The van der Waals surface area contributed by atoms with E-state index >= 15 is 0 Å². The van der Waals surface area contributed by atoms with Gasteiger partial charge in [-0.2, -0.15) is 18.3 Å². The summed E-state index contributed by atoms with van der Waals surface area (Å²) in [5.74, 6) is -0.578. The van der Waals surface area contributed by atoms with Crippen molar-refractivity contribution in [1.29, 1.82) is 0 Å². The molecule has 0 radical (unpaired) electrons. The Labute approximate surface area is 120 Å². The second-order valence-corrected chi connectivity index (χ2v) is 5.62. The Bertz CT molecular complexity index is 542. The van der Waals surface area contributed by atoms with Gasteiger partial charge < -0.3 is 4.90 Å². The van der Waals surface area contributed by atoms with Crippen LogP contribution in [0.1, 0.15) is 28.9 Å². The van der Waals surface area contributed by atoms with Crippen molar-refractivity contribution < 1.29 is 18.0 Å². The highest BCUT2D eigenvalue weighted by Crippen LogP contribution is 2.32. The largest absolute Gasteiger partial charge is 0.435 e. The van der Waals surface area contributed by atoms with Gasteiger partial charge in [-0.25, -0.2) is 0 Å². The molecule has 2 heterocycles. The first-order chi connectivity index (χ1) is 9.86. The van der Waals surface area contributed by atoms with Crippen LogP contribution in [0.3, 0.4) is 0 Å². The summed E-state index contributed by atoms with van der Waals surface area (Å²) >= 11 is 0. The fourth-order valence-corrected chi connectivity index (χ4v) is 2.75. The molecule has 116 valence electrons. The van der Waals surface area contributed by atoms with Crippen molar-refractivity contribution >= 4 is 5.91 Å². The monoisotopic (exact) mass is 302 g/mol. The summed E-state index contributed by atoms with van der Waals surface area (Å²) in [6.45, 7) is 2.42. The third-order valence-electron chi connectivity index (χ3n) is 3.99. The number of nitrogens with zero attached hydrogens (tertiary/aromatic N) is 4. The van der Waals surface area contributed by atoms with Crippen LogP contribution in [0.4, 0.5) is 13.2 Å². The summed E-state index contributed by atoms with van der Waals surface area (Å²) in [5, 5.41) is 3.38. The van der Waals surface area contributed by atoms with E-state index in [-0.39, 0.29) is 5.56 Å². The highest BCUT2D eigenvalue weighted by Gasteiger charge is 2.40. The zero-order chi connectivity index (χ0) is 15.2.